The van der Waals surface area contributed by atoms with E-state index in [4.69, 9.17) is 21.7 Å². The summed E-state index contributed by atoms with van der Waals surface area (Å²) >= 11 is 7.91. The molecule has 2 saturated heterocycles. The zero-order valence-corrected chi connectivity index (χ0v) is 20.0. The van der Waals surface area contributed by atoms with Gasteiger partial charge in [0.1, 0.15) is 21.4 Å². The third-order valence-corrected chi connectivity index (χ3v) is 7.70. The van der Waals surface area contributed by atoms with E-state index in [1.54, 1.807) is 18.0 Å². The van der Waals surface area contributed by atoms with Crippen LogP contribution >= 0.6 is 22.9 Å². The quantitative estimate of drug-likeness (QED) is 0.354. The fourth-order valence-corrected chi connectivity index (χ4v) is 6.15. The average Bonchev–Trinajstić information content (AvgIpc) is 3.19. The normalized spacial score (nSPS) is 25.5. The lowest BCUT2D eigenvalue weighted by Crippen LogP contribution is -2.75. The fourth-order valence-electron chi connectivity index (χ4n) is 5.13. The number of rotatable bonds is 2. The minimum absolute atomic E-state index is 0.0353. The highest BCUT2D eigenvalue weighted by Crippen LogP contribution is 2.50. The Balaban J connectivity index is 1.72. The molecule has 0 aromatic carbocycles. The van der Waals surface area contributed by atoms with Gasteiger partial charge in [0, 0.05) is 24.0 Å². The Morgan fingerprint density at radius 1 is 1.32 bits per heavy atom. The third-order valence-electron chi connectivity index (χ3n) is 6.42. The number of urea groups is 1. The summed E-state index contributed by atoms with van der Waals surface area (Å²) < 4.78 is 5.96. The van der Waals surface area contributed by atoms with Crippen LogP contribution in [0.1, 0.15) is 35.1 Å². The molecule has 13 heteroatoms. The highest BCUT2D eigenvalue weighted by Gasteiger charge is 2.63. The fraction of sp³-hybridized carbons (Fsp3) is 0.429. The molecular weight excluding hydrogens is 484 g/mol. The molecule has 2 aromatic heterocycles. The van der Waals surface area contributed by atoms with Gasteiger partial charge in [-0.2, -0.15) is 0 Å². The lowest BCUT2D eigenvalue weighted by Gasteiger charge is -2.55. The number of aryl methyl sites for hydroxylation is 1. The number of morpholine rings is 1. The van der Waals surface area contributed by atoms with Crippen molar-refractivity contribution in [1.82, 2.24) is 20.6 Å². The van der Waals surface area contributed by atoms with E-state index in [1.807, 2.05) is 13.8 Å². The van der Waals surface area contributed by atoms with Gasteiger partial charge >= 0.3 is 6.03 Å². The van der Waals surface area contributed by atoms with Crippen LogP contribution in [-0.4, -0.2) is 63.4 Å². The molecule has 34 heavy (non-hydrogen) atoms. The monoisotopic (exact) mass is 504 g/mol. The minimum Gasteiger partial charge on any atom is -0.504 e. The minimum atomic E-state index is -1.73. The number of anilines is 1. The van der Waals surface area contributed by atoms with Gasteiger partial charge in [-0.25, -0.2) is 14.8 Å². The van der Waals surface area contributed by atoms with Gasteiger partial charge in [-0.1, -0.05) is 11.6 Å². The van der Waals surface area contributed by atoms with Gasteiger partial charge in [0.25, 0.3) is 0 Å². The van der Waals surface area contributed by atoms with Crippen LogP contribution in [0.3, 0.4) is 0 Å². The van der Waals surface area contributed by atoms with Gasteiger partial charge in [0.2, 0.25) is 11.8 Å². The molecule has 4 amide bonds. The Morgan fingerprint density at radius 2 is 2.00 bits per heavy atom. The number of aromatic nitrogens is 2. The molecule has 2 aromatic rings. The van der Waals surface area contributed by atoms with Crippen LogP contribution in [-0.2, 0) is 20.7 Å². The number of hydrogen-bond acceptors (Lipinski definition) is 10. The number of amides is 4. The van der Waals surface area contributed by atoms with Crippen LogP contribution in [0.25, 0.3) is 0 Å². The molecule has 0 radical (unpaired) electrons. The number of pyridine rings is 1. The number of aromatic hydroxyl groups is 1. The summed E-state index contributed by atoms with van der Waals surface area (Å²) in [6, 6.07) is -1.70. The second kappa shape index (κ2) is 7.72. The molecule has 0 aliphatic carbocycles. The van der Waals surface area contributed by atoms with Crippen molar-refractivity contribution in [2.24, 2.45) is 5.41 Å². The standard InChI is InChI=1S/C21H21ClN6O5S/c1-7-6-28-14-10(25-13(15(29)11(14)22)12(23)17-24-5-8(2)34-17)4-21(16(28)9(3)33-7)18(30)26-20(32)27-19(21)31/h5,7,9,16,23,29H,4,6H2,1-3H3,(H2,26,27,30,31,32)/t7-,9+,16?/m1/s1. The molecule has 1 spiro atoms. The second-order valence-electron chi connectivity index (χ2n) is 8.70. The van der Waals surface area contributed by atoms with E-state index >= 15 is 0 Å². The second-order valence-corrected chi connectivity index (χ2v) is 10.3. The Hall–Kier alpha value is -3.09. The van der Waals surface area contributed by atoms with E-state index in [1.165, 1.54) is 11.3 Å². The van der Waals surface area contributed by atoms with Gasteiger partial charge in [-0.15, -0.1) is 11.3 Å². The lowest BCUT2D eigenvalue weighted by molar-refractivity contribution is -0.153. The number of imide groups is 2. The Morgan fingerprint density at radius 3 is 2.62 bits per heavy atom. The molecule has 2 fully saturated rings. The topological polar surface area (TPSA) is 158 Å². The number of fused-ring (bicyclic) bond motifs is 4. The zero-order valence-electron chi connectivity index (χ0n) is 18.4. The first kappa shape index (κ1) is 22.7. The molecule has 5 rings (SSSR count). The van der Waals surface area contributed by atoms with E-state index in [-0.39, 0.29) is 46.9 Å². The maximum Gasteiger partial charge on any atom is 0.328 e. The Labute approximate surface area is 203 Å². The summed E-state index contributed by atoms with van der Waals surface area (Å²) in [4.78, 5) is 49.7. The smallest absolute Gasteiger partial charge is 0.328 e. The summed E-state index contributed by atoms with van der Waals surface area (Å²) in [5.74, 6) is -1.90. The third kappa shape index (κ3) is 3.12. The number of barbiturate groups is 1. The van der Waals surface area contributed by atoms with Crippen molar-refractivity contribution < 1.29 is 24.2 Å². The maximum absolute atomic E-state index is 13.2. The van der Waals surface area contributed by atoms with Crippen LogP contribution in [0.2, 0.25) is 5.02 Å². The summed E-state index contributed by atoms with van der Waals surface area (Å²) in [6.45, 7) is 5.69. The summed E-state index contributed by atoms with van der Waals surface area (Å²) in [5.41, 5.74) is -1.33. The predicted molar refractivity (Wildman–Crippen MR) is 123 cm³/mol. The van der Waals surface area contributed by atoms with Crippen LogP contribution in [0.4, 0.5) is 10.5 Å². The Kier molecular flexibility index (Phi) is 5.15. The summed E-state index contributed by atoms with van der Waals surface area (Å²) in [6.07, 6.45) is 0.541. The van der Waals surface area contributed by atoms with Crippen molar-refractivity contribution in [2.45, 2.75) is 45.4 Å². The number of halogens is 1. The van der Waals surface area contributed by atoms with Gasteiger partial charge in [0.15, 0.2) is 11.2 Å². The maximum atomic E-state index is 13.2. The molecule has 178 valence electrons. The van der Waals surface area contributed by atoms with Crippen molar-refractivity contribution in [3.8, 4) is 5.75 Å². The van der Waals surface area contributed by atoms with Gasteiger partial charge in [-0.05, 0) is 20.8 Å². The van der Waals surface area contributed by atoms with Crippen molar-refractivity contribution >= 4 is 52.2 Å². The van der Waals surface area contributed by atoms with Gasteiger partial charge in [-0.3, -0.25) is 25.6 Å². The van der Waals surface area contributed by atoms with Crippen molar-refractivity contribution in [2.75, 3.05) is 11.4 Å². The molecule has 1 unspecified atom stereocenters. The largest absolute Gasteiger partial charge is 0.504 e. The molecule has 4 N–H and O–H groups in total. The predicted octanol–water partition coefficient (Wildman–Crippen LogP) is 1.51. The van der Waals surface area contributed by atoms with E-state index < -0.39 is 35.4 Å². The SMILES string of the molecule is Cc1cnc(C(=N)c2nc3c(c(Cl)c2O)N2C[C@@H](C)O[C@@H](C)C2C2(C3)C(=O)NC(=O)NC2=O)s1. The number of carbonyl (C=O) groups excluding carboxylic acids is 3. The molecule has 3 aliphatic rings. The van der Waals surface area contributed by atoms with Gasteiger partial charge in [0.05, 0.1) is 29.6 Å². The van der Waals surface area contributed by atoms with Crippen molar-refractivity contribution in [3.63, 3.8) is 0 Å². The first-order valence-electron chi connectivity index (χ1n) is 10.6. The number of nitrogens with zero attached hydrogens (tertiary/aromatic N) is 3. The number of nitrogens with one attached hydrogen (secondary N) is 3. The molecule has 0 bridgehead atoms. The van der Waals surface area contributed by atoms with Crippen LogP contribution < -0.4 is 15.5 Å². The number of thiazole rings is 1. The first-order chi connectivity index (χ1) is 16.0. The van der Waals surface area contributed by atoms with Crippen LogP contribution in [0, 0.1) is 17.7 Å². The molecular formula is C21H21ClN6O5S. The van der Waals surface area contributed by atoms with E-state index in [0.29, 0.717) is 10.7 Å². The summed E-state index contributed by atoms with van der Waals surface area (Å²) in [5, 5.41) is 24.2. The number of carbonyl (C=O) groups is 3. The zero-order chi connectivity index (χ0) is 24.5. The van der Waals surface area contributed by atoms with E-state index in [2.05, 4.69) is 20.6 Å². The molecule has 5 heterocycles. The Bertz CT molecular complexity index is 1260. The van der Waals surface area contributed by atoms with Crippen molar-refractivity contribution in [3.05, 3.63) is 32.5 Å². The highest BCUT2D eigenvalue weighted by atomic mass is 35.5. The molecule has 3 aliphatic heterocycles. The first-order valence-corrected chi connectivity index (χ1v) is 11.8. The van der Waals surface area contributed by atoms with Crippen molar-refractivity contribution in [1.29, 1.82) is 5.41 Å². The number of ether oxygens (including phenoxy) is 1. The van der Waals surface area contributed by atoms with E-state index in [0.717, 1.165) is 4.88 Å². The molecule has 0 saturated carbocycles. The number of hydrogen-bond donors (Lipinski definition) is 4. The molecule has 11 nitrogen and oxygen atoms in total. The molecule has 3 atom stereocenters. The highest BCUT2D eigenvalue weighted by molar-refractivity contribution is 7.13. The van der Waals surface area contributed by atoms with Crippen LogP contribution in [0.15, 0.2) is 6.20 Å². The average molecular weight is 505 g/mol. The summed E-state index contributed by atoms with van der Waals surface area (Å²) in [7, 11) is 0. The van der Waals surface area contributed by atoms with Gasteiger partial charge < -0.3 is 14.7 Å². The lowest BCUT2D eigenvalue weighted by atomic mass is 9.67. The van der Waals surface area contributed by atoms with E-state index in [9.17, 15) is 19.5 Å². The van der Waals surface area contributed by atoms with Crippen LogP contribution in [0.5, 0.6) is 5.75 Å².